The second kappa shape index (κ2) is 9.99. The molecule has 6 heteroatoms. The molecule has 0 aromatic rings. The highest BCUT2D eigenvalue weighted by molar-refractivity contribution is 5.76. The van der Waals surface area contributed by atoms with Gasteiger partial charge in [-0.2, -0.15) is 0 Å². The molecule has 0 N–H and O–H groups in total. The number of unbranched alkanes of at least 4 members (excludes halogenated alkanes) is 1. The molecule has 2 aliphatic rings. The predicted octanol–water partition coefficient (Wildman–Crippen LogP) is 1.82. The molecule has 0 unspecified atom stereocenters. The van der Waals surface area contributed by atoms with Crippen LogP contribution in [-0.4, -0.2) is 74.2 Å². The topological polar surface area (TPSA) is 59.1 Å². The van der Waals surface area contributed by atoms with Gasteiger partial charge < -0.3 is 19.3 Å². The van der Waals surface area contributed by atoms with Gasteiger partial charge in [-0.25, -0.2) is 0 Å². The first kappa shape index (κ1) is 19.2. The molecule has 2 aliphatic heterocycles. The van der Waals surface area contributed by atoms with Gasteiger partial charge in [0, 0.05) is 40.4 Å². The molecule has 6 nitrogen and oxygen atoms in total. The number of ether oxygens (including phenoxy) is 2. The molecule has 0 aliphatic carbocycles. The lowest BCUT2D eigenvalue weighted by atomic mass is 10.1. The van der Waals surface area contributed by atoms with Crippen molar-refractivity contribution in [3.63, 3.8) is 0 Å². The lowest BCUT2D eigenvalue weighted by Crippen LogP contribution is -2.32. The molecular formula is C18H32N2O4. The Hall–Kier alpha value is -1.14. The molecule has 0 saturated carbocycles. The van der Waals surface area contributed by atoms with Gasteiger partial charge in [-0.1, -0.05) is 0 Å². The van der Waals surface area contributed by atoms with Crippen LogP contribution in [0.2, 0.25) is 0 Å². The summed E-state index contributed by atoms with van der Waals surface area (Å²) >= 11 is 0. The average Bonchev–Trinajstić information content (AvgIpc) is 3.24. The quantitative estimate of drug-likeness (QED) is 0.601. The van der Waals surface area contributed by atoms with Gasteiger partial charge in [0.25, 0.3) is 0 Å². The van der Waals surface area contributed by atoms with Crippen molar-refractivity contribution in [3.8, 4) is 0 Å². The Morgan fingerprint density at radius 1 is 0.833 bits per heavy atom. The minimum atomic E-state index is 0.113. The van der Waals surface area contributed by atoms with Crippen LogP contribution in [0.4, 0.5) is 0 Å². The van der Waals surface area contributed by atoms with Gasteiger partial charge in [0.05, 0.1) is 25.0 Å². The molecule has 2 heterocycles. The number of hydrogen-bond acceptors (Lipinski definition) is 4. The number of nitrogens with zero attached hydrogens (tertiary/aromatic N) is 2. The first-order valence-electron chi connectivity index (χ1n) is 9.27. The molecule has 2 saturated heterocycles. The van der Waals surface area contributed by atoms with E-state index in [9.17, 15) is 9.59 Å². The summed E-state index contributed by atoms with van der Waals surface area (Å²) in [5.41, 5.74) is 0. The van der Waals surface area contributed by atoms with E-state index in [0.29, 0.717) is 12.8 Å². The molecule has 0 radical (unpaired) electrons. The second-order valence-corrected chi connectivity index (χ2v) is 7.02. The van der Waals surface area contributed by atoms with Crippen LogP contribution in [-0.2, 0) is 19.1 Å². The maximum atomic E-state index is 12.1. The first-order valence-corrected chi connectivity index (χ1v) is 9.27. The zero-order chi connectivity index (χ0) is 17.4. The van der Waals surface area contributed by atoms with E-state index >= 15 is 0 Å². The van der Waals surface area contributed by atoms with Crippen LogP contribution in [0.15, 0.2) is 0 Å². The summed E-state index contributed by atoms with van der Waals surface area (Å²) in [5.74, 6) is 0.314. The Labute approximate surface area is 145 Å². The first-order chi connectivity index (χ1) is 11.6. The summed E-state index contributed by atoms with van der Waals surface area (Å²) in [6.07, 6.45) is 7.15. The lowest BCUT2D eigenvalue weighted by molar-refractivity contribution is -0.133. The van der Waals surface area contributed by atoms with Crippen LogP contribution in [0.5, 0.6) is 0 Å². The van der Waals surface area contributed by atoms with Gasteiger partial charge in [-0.05, 0) is 38.5 Å². The largest absolute Gasteiger partial charge is 0.378 e. The SMILES string of the molecule is CN(CCCCN(C)C(=O)C[C@@H]1CCCO1)C(=O)C[C@H]1CCCO1. The number of rotatable bonds is 9. The number of amides is 2. The average molecular weight is 340 g/mol. The van der Waals surface area contributed by atoms with E-state index in [-0.39, 0.29) is 24.0 Å². The highest BCUT2D eigenvalue weighted by Gasteiger charge is 2.22. The summed E-state index contributed by atoms with van der Waals surface area (Å²) in [5, 5.41) is 0. The fourth-order valence-electron chi connectivity index (χ4n) is 3.26. The van der Waals surface area contributed by atoms with Gasteiger partial charge in [-0.3, -0.25) is 9.59 Å². The molecule has 2 amide bonds. The summed E-state index contributed by atoms with van der Waals surface area (Å²) in [6.45, 7) is 3.04. The van der Waals surface area contributed by atoms with Crippen LogP contribution >= 0.6 is 0 Å². The maximum Gasteiger partial charge on any atom is 0.224 e. The molecule has 0 aromatic heterocycles. The predicted molar refractivity (Wildman–Crippen MR) is 91.7 cm³/mol. The number of carbonyl (C=O) groups is 2. The summed E-state index contributed by atoms with van der Waals surface area (Å²) in [4.78, 5) is 27.8. The van der Waals surface area contributed by atoms with Gasteiger partial charge in [-0.15, -0.1) is 0 Å². The van der Waals surface area contributed by atoms with E-state index in [4.69, 9.17) is 9.47 Å². The van der Waals surface area contributed by atoms with Crippen LogP contribution < -0.4 is 0 Å². The normalized spacial score (nSPS) is 23.4. The zero-order valence-corrected chi connectivity index (χ0v) is 15.2. The fourth-order valence-corrected chi connectivity index (χ4v) is 3.26. The van der Waals surface area contributed by atoms with Crippen molar-refractivity contribution in [2.75, 3.05) is 40.4 Å². The number of carbonyl (C=O) groups excluding carboxylic acids is 2. The monoisotopic (exact) mass is 340 g/mol. The van der Waals surface area contributed by atoms with Crippen molar-refractivity contribution in [1.82, 2.24) is 9.80 Å². The number of hydrogen-bond donors (Lipinski definition) is 0. The van der Waals surface area contributed by atoms with Crippen molar-refractivity contribution in [3.05, 3.63) is 0 Å². The highest BCUT2D eigenvalue weighted by Crippen LogP contribution is 2.17. The molecule has 2 rings (SSSR count). The van der Waals surface area contributed by atoms with Gasteiger partial charge >= 0.3 is 0 Å². The summed E-state index contributed by atoms with van der Waals surface area (Å²) in [6, 6.07) is 0. The van der Waals surface area contributed by atoms with E-state index < -0.39 is 0 Å². The fraction of sp³-hybridized carbons (Fsp3) is 0.889. The highest BCUT2D eigenvalue weighted by atomic mass is 16.5. The van der Waals surface area contributed by atoms with E-state index in [1.807, 2.05) is 14.1 Å². The Balaban J connectivity index is 1.54. The van der Waals surface area contributed by atoms with Crippen molar-refractivity contribution in [1.29, 1.82) is 0 Å². The minimum absolute atomic E-state index is 0.113. The van der Waals surface area contributed by atoms with E-state index in [2.05, 4.69) is 0 Å². The van der Waals surface area contributed by atoms with Crippen molar-refractivity contribution >= 4 is 11.8 Å². The zero-order valence-electron chi connectivity index (χ0n) is 15.2. The molecular weight excluding hydrogens is 308 g/mol. The third-order valence-corrected chi connectivity index (χ3v) is 4.94. The van der Waals surface area contributed by atoms with Crippen LogP contribution in [0, 0.1) is 0 Å². The van der Waals surface area contributed by atoms with Crippen LogP contribution in [0.25, 0.3) is 0 Å². The van der Waals surface area contributed by atoms with E-state index in [1.165, 1.54) is 0 Å². The van der Waals surface area contributed by atoms with Crippen LogP contribution in [0.1, 0.15) is 51.4 Å². The summed E-state index contributed by atoms with van der Waals surface area (Å²) < 4.78 is 11.0. The molecule has 138 valence electrons. The molecule has 2 atom stereocenters. The Morgan fingerprint density at radius 3 is 1.58 bits per heavy atom. The van der Waals surface area contributed by atoms with Gasteiger partial charge in [0.2, 0.25) is 11.8 Å². The molecule has 0 bridgehead atoms. The van der Waals surface area contributed by atoms with Gasteiger partial charge in [0.1, 0.15) is 0 Å². The van der Waals surface area contributed by atoms with E-state index in [0.717, 1.165) is 64.8 Å². The third-order valence-electron chi connectivity index (χ3n) is 4.94. The third kappa shape index (κ3) is 6.40. The summed E-state index contributed by atoms with van der Waals surface area (Å²) in [7, 11) is 3.70. The molecule has 2 fully saturated rings. The molecule has 0 spiro atoms. The second-order valence-electron chi connectivity index (χ2n) is 7.02. The van der Waals surface area contributed by atoms with Crippen LogP contribution in [0.3, 0.4) is 0 Å². The van der Waals surface area contributed by atoms with Crippen molar-refractivity contribution in [2.45, 2.75) is 63.6 Å². The van der Waals surface area contributed by atoms with Crippen molar-refractivity contribution in [2.24, 2.45) is 0 Å². The van der Waals surface area contributed by atoms with E-state index in [1.54, 1.807) is 9.80 Å². The Kier molecular flexibility index (Phi) is 7.99. The van der Waals surface area contributed by atoms with Crippen molar-refractivity contribution < 1.29 is 19.1 Å². The Morgan fingerprint density at radius 2 is 1.25 bits per heavy atom. The lowest BCUT2D eigenvalue weighted by Gasteiger charge is -2.21. The molecule has 24 heavy (non-hydrogen) atoms. The Bertz CT molecular complexity index is 366. The minimum Gasteiger partial charge on any atom is -0.378 e. The van der Waals surface area contributed by atoms with Gasteiger partial charge in [0.15, 0.2) is 0 Å². The smallest absolute Gasteiger partial charge is 0.224 e. The maximum absolute atomic E-state index is 12.1. The molecule has 0 aromatic carbocycles. The standard InChI is InChI=1S/C18H32N2O4/c1-19(17(21)13-15-7-5-11-23-15)9-3-4-10-20(2)18(22)14-16-8-6-12-24-16/h15-16H,3-14H2,1-2H3/t15-,16+.